The van der Waals surface area contributed by atoms with Crippen molar-refractivity contribution >= 4 is 5.91 Å². The molecule has 0 atom stereocenters. The monoisotopic (exact) mass is 313 g/mol. The predicted molar refractivity (Wildman–Crippen MR) is 87.9 cm³/mol. The van der Waals surface area contributed by atoms with Crippen LogP contribution in [-0.2, 0) is 24.3 Å². The van der Waals surface area contributed by atoms with Gasteiger partial charge in [0.15, 0.2) is 0 Å². The summed E-state index contributed by atoms with van der Waals surface area (Å²) in [6.45, 7) is 6.45. The lowest BCUT2D eigenvalue weighted by Crippen LogP contribution is -2.41. The molecule has 2 aromatic rings. The number of fused-ring (bicyclic) bond motifs is 1. The number of hydrogen-bond donors (Lipinski definition) is 0. The molecule has 5 heteroatoms. The highest BCUT2D eigenvalue weighted by Gasteiger charge is 2.22. The molecule has 0 aliphatic carbocycles. The molecular weight excluding hydrogens is 290 g/mol. The number of rotatable bonds is 4. The predicted octanol–water partition coefficient (Wildman–Crippen LogP) is 2.31. The fourth-order valence-corrected chi connectivity index (χ4v) is 3.09. The maximum absolute atomic E-state index is 12.6. The summed E-state index contributed by atoms with van der Waals surface area (Å²) in [6, 6.07) is 8.37. The van der Waals surface area contributed by atoms with Gasteiger partial charge in [0.1, 0.15) is 5.76 Å². The van der Waals surface area contributed by atoms with Crippen LogP contribution in [0.1, 0.15) is 28.1 Å². The number of aromatic nitrogens is 1. The number of likely N-dealkylation sites (N-methyl/N-ethyl adjacent to an activating group) is 1. The third-order valence-corrected chi connectivity index (χ3v) is 4.50. The number of amides is 1. The Labute approximate surface area is 136 Å². The highest BCUT2D eigenvalue weighted by molar-refractivity contribution is 5.78. The van der Waals surface area contributed by atoms with Crippen molar-refractivity contribution in [1.29, 1.82) is 0 Å². The quantitative estimate of drug-likeness (QED) is 0.869. The first-order valence-electron chi connectivity index (χ1n) is 7.99. The summed E-state index contributed by atoms with van der Waals surface area (Å²) in [6.07, 6.45) is 0.940. The summed E-state index contributed by atoms with van der Waals surface area (Å²) in [5, 5.41) is 3.97. The van der Waals surface area contributed by atoms with Gasteiger partial charge in [0, 0.05) is 25.2 Å². The zero-order chi connectivity index (χ0) is 16.4. The van der Waals surface area contributed by atoms with E-state index in [1.165, 1.54) is 11.1 Å². The minimum Gasteiger partial charge on any atom is -0.361 e. The molecule has 0 unspecified atom stereocenters. The third-order valence-electron chi connectivity index (χ3n) is 4.50. The molecule has 23 heavy (non-hydrogen) atoms. The van der Waals surface area contributed by atoms with Crippen LogP contribution in [-0.4, -0.2) is 41.0 Å². The largest absolute Gasteiger partial charge is 0.361 e. The Bertz CT molecular complexity index is 689. The van der Waals surface area contributed by atoms with Crippen LogP contribution in [0.3, 0.4) is 0 Å². The maximum Gasteiger partial charge on any atom is 0.237 e. The Hall–Kier alpha value is -2.14. The normalized spacial score (nSPS) is 14.2. The van der Waals surface area contributed by atoms with Gasteiger partial charge in [-0.25, -0.2) is 0 Å². The first-order chi connectivity index (χ1) is 11.0. The van der Waals surface area contributed by atoms with Crippen LogP contribution in [0.4, 0.5) is 0 Å². The summed E-state index contributed by atoms with van der Waals surface area (Å²) in [7, 11) is 1.96. The van der Waals surface area contributed by atoms with Crippen molar-refractivity contribution in [2.45, 2.75) is 33.4 Å². The number of carbonyl (C=O) groups is 1. The molecule has 122 valence electrons. The molecule has 1 aromatic heterocycles. The second kappa shape index (κ2) is 6.54. The highest BCUT2D eigenvalue weighted by Crippen LogP contribution is 2.19. The molecular formula is C18H23N3O2. The molecule has 1 amide bonds. The smallest absolute Gasteiger partial charge is 0.237 e. The van der Waals surface area contributed by atoms with E-state index in [1.54, 1.807) is 0 Å². The van der Waals surface area contributed by atoms with E-state index in [1.807, 2.05) is 36.8 Å². The standard InChI is InChI=1S/C18H23N3O2/c1-13-17(14(2)23-19-13)11-20(3)12-18(22)21-9-8-15-6-4-5-7-16(15)10-21/h4-7H,8-12H2,1-3H3. The van der Waals surface area contributed by atoms with E-state index in [0.29, 0.717) is 19.6 Å². The van der Waals surface area contributed by atoms with Crippen molar-refractivity contribution in [2.75, 3.05) is 20.1 Å². The molecule has 5 nitrogen and oxygen atoms in total. The molecule has 0 radical (unpaired) electrons. The van der Waals surface area contributed by atoms with E-state index >= 15 is 0 Å². The SMILES string of the molecule is Cc1noc(C)c1CN(C)CC(=O)N1CCc2ccccc2C1. The van der Waals surface area contributed by atoms with E-state index in [9.17, 15) is 4.79 Å². The van der Waals surface area contributed by atoms with Crippen molar-refractivity contribution in [3.05, 3.63) is 52.4 Å². The lowest BCUT2D eigenvalue weighted by Gasteiger charge is -2.30. The zero-order valence-corrected chi connectivity index (χ0v) is 14.0. The van der Waals surface area contributed by atoms with Crippen molar-refractivity contribution < 1.29 is 9.32 Å². The number of benzene rings is 1. The second-order valence-corrected chi connectivity index (χ2v) is 6.31. The summed E-state index contributed by atoms with van der Waals surface area (Å²) >= 11 is 0. The summed E-state index contributed by atoms with van der Waals surface area (Å²) in [5.74, 6) is 1.00. The molecule has 3 rings (SSSR count). The summed E-state index contributed by atoms with van der Waals surface area (Å²) < 4.78 is 5.18. The average molecular weight is 313 g/mol. The lowest BCUT2D eigenvalue weighted by atomic mass is 10.00. The van der Waals surface area contributed by atoms with Crippen LogP contribution in [0.5, 0.6) is 0 Å². The van der Waals surface area contributed by atoms with Crippen molar-refractivity contribution in [3.63, 3.8) is 0 Å². The Morgan fingerprint density at radius 1 is 1.30 bits per heavy atom. The van der Waals surface area contributed by atoms with Gasteiger partial charge >= 0.3 is 0 Å². The fraction of sp³-hybridized carbons (Fsp3) is 0.444. The average Bonchev–Trinajstić information content (AvgIpc) is 2.86. The first-order valence-corrected chi connectivity index (χ1v) is 7.99. The van der Waals surface area contributed by atoms with E-state index in [2.05, 4.69) is 23.4 Å². The topological polar surface area (TPSA) is 49.6 Å². The van der Waals surface area contributed by atoms with Gasteiger partial charge in [-0.3, -0.25) is 9.69 Å². The van der Waals surface area contributed by atoms with Gasteiger partial charge in [-0.05, 0) is 38.4 Å². The van der Waals surface area contributed by atoms with Crippen molar-refractivity contribution in [1.82, 2.24) is 15.0 Å². The molecule has 0 N–H and O–H groups in total. The molecule has 1 aliphatic heterocycles. The van der Waals surface area contributed by atoms with Gasteiger partial charge in [-0.15, -0.1) is 0 Å². The number of nitrogens with zero attached hydrogens (tertiary/aromatic N) is 3. The summed E-state index contributed by atoms with van der Waals surface area (Å²) in [4.78, 5) is 16.5. The van der Waals surface area contributed by atoms with Gasteiger partial charge in [-0.2, -0.15) is 0 Å². The molecule has 1 aliphatic rings. The summed E-state index contributed by atoms with van der Waals surface area (Å²) in [5.41, 5.74) is 4.60. The second-order valence-electron chi connectivity index (χ2n) is 6.31. The lowest BCUT2D eigenvalue weighted by molar-refractivity contribution is -0.133. The van der Waals surface area contributed by atoms with Crippen LogP contribution >= 0.6 is 0 Å². The van der Waals surface area contributed by atoms with Crippen LogP contribution < -0.4 is 0 Å². The number of carbonyl (C=O) groups excluding carboxylic acids is 1. The van der Waals surface area contributed by atoms with Gasteiger partial charge in [-0.1, -0.05) is 29.4 Å². The van der Waals surface area contributed by atoms with Crippen LogP contribution in [0.15, 0.2) is 28.8 Å². The van der Waals surface area contributed by atoms with Gasteiger partial charge in [0.2, 0.25) is 5.91 Å². The molecule has 0 fully saturated rings. The van der Waals surface area contributed by atoms with Crippen molar-refractivity contribution in [3.8, 4) is 0 Å². The van der Waals surface area contributed by atoms with Crippen LogP contribution in [0.2, 0.25) is 0 Å². The third kappa shape index (κ3) is 3.45. The molecule has 1 aromatic carbocycles. The van der Waals surface area contributed by atoms with E-state index in [0.717, 1.165) is 30.0 Å². The van der Waals surface area contributed by atoms with E-state index in [4.69, 9.17) is 4.52 Å². The van der Waals surface area contributed by atoms with Gasteiger partial charge < -0.3 is 9.42 Å². The Balaban J connectivity index is 1.59. The zero-order valence-electron chi connectivity index (χ0n) is 14.0. The van der Waals surface area contributed by atoms with Crippen molar-refractivity contribution in [2.24, 2.45) is 0 Å². The Kier molecular flexibility index (Phi) is 4.48. The molecule has 0 saturated carbocycles. The minimum absolute atomic E-state index is 0.175. The highest BCUT2D eigenvalue weighted by atomic mass is 16.5. The molecule has 0 spiro atoms. The van der Waals surface area contributed by atoms with E-state index < -0.39 is 0 Å². The molecule has 0 bridgehead atoms. The maximum atomic E-state index is 12.6. The number of aryl methyl sites for hydroxylation is 2. The molecule has 2 heterocycles. The van der Waals surface area contributed by atoms with Gasteiger partial charge in [0.25, 0.3) is 0 Å². The minimum atomic E-state index is 0.175. The van der Waals surface area contributed by atoms with E-state index in [-0.39, 0.29) is 5.91 Å². The fourth-order valence-electron chi connectivity index (χ4n) is 3.09. The van der Waals surface area contributed by atoms with Gasteiger partial charge in [0.05, 0.1) is 12.2 Å². The molecule has 0 saturated heterocycles. The first kappa shape index (κ1) is 15.7. The number of hydrogen-bond acceptors (Lipinski definition) is 4. The Morgan fingerprint density at radius 2 is 2.04 bits per heavy atom. The Morgan fingerprint density at radius 3 is 2.74 bits per heavy atom. The van der Waals surface area contributed by atoms with Crippen LogP contribution in [0, 0.1) is 13.8 Å². The van der Waals surface area contributed by atoms with Crippen LogP contribution in [0.25, 0.3) is 0 Å².